The second kappa shape index (κ2) is 23.9. The van der Waals surface area contributed by atoms with Gasteiger partial charge in [0.1, 0.15) is 0 Å². The van der Waals surface area contributed by atoms with Crippen LogP contribution in [0.1, 0.15) is 0 Å². The molecule has 0 aromatic heterocycles. The van der Waals surface area contributed by atoms with Gasteiger partial charge in [0.25, 0.3) is 0 Å². The quantitative estimate of drug-likeness (QED) is 0.204. The van der Waals surface area contributed by atoms with Crippen molar-refractivity contribution in [1.29, 1.82) is 0 Å². The first-order valence-electron chi connectivity index (χ1n) is 11.7. The molecule has 6 radical (unpaired) electrons. The summed E-state index contributed by atoms with van der Waals surface area (Å²) in [7, 11) is 1.98. The normalized spacial score (nSPS) is 18.9. The molecule has 0 N–H and O–H groups in total. The number of hydrogen-bond donors (Lipinski definition) is 0. The predicted molar refractivity (Wildman–Crippen MR) is 151 cm³/mol. The molecule has 2 aliphatic heterocycles. The molecule has 3 nitrogen and oxygen atoms in total. The Morgan fingerprint density at radius 2 is 1.03 bits per heavy atom. The summed E-state index contributed by atoms with van der Waals surface area (Å²) in [4.78, 5) is 4.84. The predicted octanol–water partition coefficient (Wildman–Crippen LogP) is -3.64. The van der Waals surface area contributed by atoms with Crippen molar-refractivity contribution in [2.24, 2.45) is 0 Å². The molecule has 10 heteroatoms. The molecule has 3 aliphatic rings. The van der Waals surface area contributed by atoms with E-state index in [9.17, 15) is 0 Å². The van der Waals surface area contributed by atoms with Crippen molar-refractivity contribution in [2.75, 3.05) is 39.2 Å². The smallest absolute Gasteiger partial charge is 1.00 e. The zero-order valence-corrected chi connectivity index (χ0v) is 28.5. The van der Waals surface area contributed by atoms with Crippen LogP contribution in [-0.4, -0.2) is 49.0 Å². The number of nitrogens with zero attached hydrogens (tertiary/aromatic N) is 3. The third-order valence-electron chi connectivity index (χ3n) is 5.48. The molecule has 1 aliphatic carbocycles. The van der Waals surface area contributed by atoms with E-state index in [2.05, 4.69) is 113 Å². The molecular weight excluding hydrogens is 719 g/mol. The zero-order valence-electron chi connectivity index (χ0n) is 21.6. The van der Waals surface area contributed by atoms with Gasteiger partial charge in [0.2, 0.25) is 0 Å². The summed E-state index contributed by atoms with van der Waals surface area (Å²) in [6.45, 7) is 2.10. The molecule has 39 heavy (non-hydrogen) atoms. The van der Waals surface area contributed by atoms with E-state index in [1.165, 1.54) is 28.5 Å². The summed E-state index contributed by atoms with van der Waals surface area (Å²) in [5.41, 5.74) is 0. The minimum Gasteiger partial charge on any atom is -1.00 e. The second-order valence-electron chi connectivity index (χ2n) is 8.43. The minimum absolute atomic E-state index is 0. The summed E-state index contributed by atoms with van der Waals surface area (Å²) < 4.78 is 0. The van der Waals surface area contributed by atoms with E-state index >= 15 is 0 Å². The molecule has 212 valence electrons. The summed E-state index contributed by atoms with van der Waals surface area (Å²) >= 11 is 0. The maximum Gasteiger partial charge on any atom is 2.00 e. The number of fused-ring (bicyclic) bond motifs is 2. The Hall–Kier alpha value is 0.400. The number of benzene rings is 3. The molecule has 6 rings (SSSR count). The van der Waals surface area contributed by atoms with Crippen LogP contribution in [0.5, 0.6) is 0 Å². The molecule has 2 unspecified atom stereocenters. The summed E-state index contributed by atoms with van der Waals surface area (Å²) in [6.07, 6.45) is 13.8. The monoisotopic (exact) mass is 751 g/mol. The fourth-order valence-electron chi connectivity index (χ4n) is 4.11. The van der Waals surface area contributed by atoms with Gasteiger partial charge >= 0.3 is 36.3 Å². The van der Waals surface area contributed by atoms with Gasteiger partial charge in [-0.1, -0.05) is 106 Å². The van der Waals surface area contributed by atoms with E-state index in [-0.39, 0.29) is 81.4 Å². The standard InChI is InChI=1S/C18H15P.C6H13N3P.C5H5.3ClH.Co.Ru/c1-4-10-16(11-5-1)19(17-12-6-2-7-13-17)18-14-8-3-9-15-18;1-8-4-9-2-7-3-10(5-8)6-9;1-2-4-5-3-1;;;;;/h1-15H;2-6H2,1H3;1-5H;3*1H;;/q;-1;;;;;2*+2/p-3. The fourth-order valence-corrected chi connectivity index (χ4v) is 8.57. The van der Waals surface area contributed by atoms with Crippen molar-refractivity contribution in [3.63, 3.8) is 0 Å². The molecule has 0 amide bonds. The summed E-state index contributed by atoms with van der Waals surface area (Å²) in [6, 6.07) is 32.3. The van der Waals surface area contributed by atoms with E-state index in [4.69, 9.17) is 0 Å². The molecule has 2 atom stereocenters. The average molecular weight is 752 g/mol. The van der Waals surface area contributed by atoms with Crippen molar-refractivity contribution < 1.29 is 73.5 Å². The maximum atomic E-state index is 4.42. The molecule has 3 aromatic rings. The molecule has 1 saturated carbocycles. The average Bonchev–Trinajstić information content (AvgIpc) is 3.47. The number of hydrogen-bond acceptors (Lipinski definition) is 2. The largest absolute Gasteiger partial charge is 2.00 e. The number of halogens is 3. The van der Waals surface area contributed by atoms with Crippen molar-refractivity contribution >= 4 is 31.8 Å². The molecule has 3 fully saturated rings. The molecule has 2 bridgehead atoms. The van der Waals surface area contributed by atoms with Crippen LogP contribution in [0, 0.1) is 32.1 Å². The molecule has 2 saturated heterocycles. The van der Waals surface area contributed by atoms with E-state index in [1.807, 2.05) is 32.1 Å². The third kappa shape index (κ3) is 14.4. The number of rotatable bonds is 3. The first-order valence-corrected chi connectivity index (χ1v) is 14.9. The van der Waals surface area contributed by atoms with Crippen LogP contribution >= 0.6 is 15.8 Å². The molecule has 0 spiro atoms. The van der Waals surface area contributed by atoms with Crippen LogP contribution in [0.2, 0.25) is 0 Å². The second-order valence-corrected chi connectivity index (χ2v) is 12.8. The topological polar surface area (TPSA) is 20.6 Å². The van der Waals surface area contributed by atoms with E-state index in [0.29, 0.717) is 0 Å². The van der Waals surface area contributed by atoms with E-state index < -0.39 is 7.92 Å². The van der Waals surface area contributed by atoms with Gasteiger partial charge in [-0.3, -0.25) is 4.90 Å². The Kier molecular flexibility index (Phi) is 25.5. The van der Waals surface area contributed by atoms with Crippen LogP contribution in [0.15, 0.2) is 91.0 Å². The van der Waals surface area contributed by atoms with Crippen molar-refractivity contribution in [3.8, 4) is 0 Å². The van der Waals surface area contributed by atoms with Crippen molar-refractivity contribution in [3.05, 3.63) is 128 Å². The van der Waals surface area contributed by atoms with Gasteiger partial charge < -0.3 is 47.4 Å². The van der Waals surface area contributed by atoms with Gasteiger partial charge in [0.15, 0.2) is 0 Å². The Morgan fingerprint density at radius 1 is 0.641 bits per heavy atom. The first-order chi connectivity index (χ1) is 16.8. The Labute approximate surface area is 280 Å². The van der Waals surface area contributed by atoms with Crippen LogP contribution in [0.25, 0.3) is 5.32 Å². The van der Waals surface area contributed by atoms with E-state index in [0.717, 1.165) is 19.6 Å². The van der Waals surface area contributed by atoms with Gasteiger partial charge in [-0.15, -0.1) is 6.29 Å². The first kappa shape index (κ1) is 41.5. The zero-order chi connectivity index (χ0) is 23.4. The maximum absolute atomic E-state index is 4.42. The van der Waals surface area contributed by atoms with Crippen LogP contribution in [0.4, 0.5) is 0 Å². The fraction of sp³-hybridized carbons (Fsp3) is 0.207. The van der Waals surface area contributed by atoms with Crippen LogP contribution < -0.4 is 53.1 Å². The van der Waals surface area contributed by atoms with Crippen LogP contribution in [-0.2, 0) is 36.3 Å². The SMILES string of the molecule is CN1CN2C[N-]CP(C1)C2.[CH]1[CH][CH][CH][CH]1.[Cl-].[Cl-].[Cl-].[Co+2].[Ru+2].c1ccc(P(c2ccccc2)c2ccccc2)cc1. The Balaban J connectivity index is 0. The van der Waals surface area contributed by atoms with Gasteiger partial charge in [-0.2, -0.15) is 0 Å². The third-order valence-corrected chi connectivity index (χ3v) is 10.2. The van der Waals surface area contributed by atoms with Crippen molar-refractivity contribution in [1.82, 2.24) is 9.80 Å². The van der Waals surface area contributed by atoms with E-state index in [1.54, 1.807) is 0 Å². The Morgan fingerprint density at radius 3 is 1.38 bits per heavy atom. The Bertz CT molecular complexity index is 846. The summed E-state index contributed by atoms with van der Waals surface area (Å²) in [5.74, 6) is 0. The van der Waals surface area contributed by atoms with Crippen LogP contribution in [0.3, 0.4) is 0 Å². The molecular formula is C29H33Cl3CoN3P2Ru. The molecule has 3 aromatic carbocycles. The minimum atomic E-state index is -0.446. The molecule has 2 heterocycles. The van der Waals surface area contributed by atoms with Gasteiger partial charge in [0.05, 0.1) is 0 Å². The van der Waals surface area contributed by atoms with Crippen molar-refractivity contribution in [2.45, 2.75) is 0 Å². The van der Waals surface area contributed by atoms with Gasteiger partial charge in [0, 0.05) is 19.2 Å². The van der Waals surface area contributed by atoms with Gasteiger partial charge in [-0.05, 0) is 63.0 Å². The summed E-state index contributed by atoms with van der Waals surface area (Å²) in [5, 5.41) is 8.62. The van der Waals surface area contributed by atoms with Gasteiger partial charge in [-0.25, -0.2) is 0 Å².